The van der Waals surface area contributed by atoms with Gasteiger partial charge in [0.1, 0.15) is 0 Å². The Labute approximate surface area is 181 Å². The lowest BCUT2D eigenvalue weighted by atomic mass is 9.97. The molecule has 10 heteroatoms. The van der Waals surface area contributed by atoms with Crippen LogP contribution in [0.4, 0.5) is 18.9 Å². The van der Waals surface area contributed by atoms with Gasteiger partial charge in [0.25, 0.3) is 5.91 Å². The minimum Gasteiger partial charge on any atom is -0.394 e. The number of halogens is 4. The fourth-order valence-corrected chi connectivity index (χ4v) is 3.23. The van der Waals surface area contributed by atoms with E-state index in [9.17, 15) is 18.0 Å². The van der Waals surface area contributed by atoms with Crippen molar-refractivity contribution in [3.05, 3.63) is 82.7 Å². The SMILES string of the molecule is CN/C=C\C(N)c1cc(C(=O)Nc2cn[nH]c2-c2ccccc2)c(Cl)cc1C(F)(F)F. The molecule has 0 aliphatic heterocycles. The summed E-state index contributed by atoms with van der Waals surface area (Å²) in [6.45, 7) is 0. The Morgan fingerprint density at radius 1 is 1.26 bits per heavy atom. The van der Waals surface area contributed by atoms with Crippen molar-refractivity contribution >= 4 is 23.2 Å². The van der Waals surface area contributed by atoms with Crippen LogP contribution in [-0.2, 0) is 6.18 Å². The molecule has 0 saturated heterocycles. The third kappa shape index (κ3) is 5.07. The number of aromatic nitrogens is 2. The van der Waals surface area contributed by atoms with Gasteiger partial charge in [-0.05, 0) is 30.0 Å². The Morgan fingerprint density at radius 3 is 2.61 bits per heavy atom. The number of nitrogens with zero attached hydrogens (tertiary/aromatic N) is 1. The number of H-pyrrole nitrogens is 1. The highest BCUT2D eigenvalue weighted by atomic mass is 35.5. The summed E-state index contributed by atoms with van der Waals surface area (Å²) in [4.78, 5) is 12.9. The van der Waals surface area contributed by atoms with Crippen molar-refractivity contribution in [1.82, 2.24) is 15.5 Å². The number of nitrogens with two attached hydrogens (primary N) is 1. The van der Waals surface area contributed by atoms with Crippen molar-refractivity contribution in [3.63, 3.8) is 0 Å². The van der Waals surface area contributed by atoms with Crippen LogP contribution in [0.15, 0.2) is 60.9 Å². The molecule has 1 heterocycles. The van der Waals surface area contributed by atoms with Crippen molar-refractivity contribution in [1.29, 1.82) is 0 Å². The van der Waals surface area contributed by atoms with Gasteiger partial charge in [-0.1, -0.05) is 41.9 Å². The second-order valence-electron chi connectivity index (χ2n) is 6.57. The summed E-state index contributed by atoms with van der Waals surface area (Å²) >= 11 is 6.05. The van der Waals surface area contributed by atoms with Gasteiger partial charge in [0.05, 0.1) is 39.8 Å². The van der Waals surface area contributed by atoms with Gasteiger partial charge in [0.15, 0.2) is 0 Å². The van der Waals surface area contributed by atoms with E-state index in [0.29, 0.717) is 17.4 Å². The van der Waals surface area contributed by atoms with Crippen LogP contribution in [-0.4, -0.2) is 23.2 Å². The van der Waals surface area contributed by atoms with Gasteiger partial charge < -0.3 is 16.4 Å². The van der Waals surface area contributed by atoms with Crippen LogP contribution in [0.1, 0.15) is 27.5 Å². The van der Waals surface area contributed by atoms with Crippen LogP contribution in [0.2, 0.25) is 5.02 Å². The number of carbonyl (C=O) groups excluding carboxylic acids is 1. The molecule has 0 radical (unpaired) electrons. The molecule has 0 aliphatic rings. The Hall–Kier alpha value is -3.30. The lowest BCUT2D eigenvalue weighted by Gasteiger charge is -2.18. The van der Waals surface area contributed by atoms with Crippen LogP contribution < -0.4 is 16.4 Å². The zero-order chi connectivity index (χ0) is 22.6. The normalized spacial score (nSPS) is 12.7. The molecule has 162 valence electrons. The Kier molecular flexibility index (Phi) is 6.67. The molecule has 5 N–H and O–H groups in total. The number of anilines is 1. The predicted molar refractivity (Wildman–Crippen MR) is 114 cm³/mol. The zero-order valence-corrected chi connectivity index (χ0v) is 17.1. The first-order valence-electron chi connectivity index (χ1n) is 9.12. The Balaban J connectivity index is 1.99. The molecule has 3 aromatic rings. The van der Waals surface area contributed by atoms with Crippen molar-refractivity contribution in [3.8, 4) is 11.3 Å². The first-order chi connectivity index (χ1) is 14.7. The van der Waals surface area contributed by atoms with E-state index in [-0.39, 0.29) is 16.1 Å². The number of benzene rings is 2. The molecule has 6 nitrogen and oxygen atoms in total. The van der Waals surface area contributed by atoms with E-state index in [1.54, 1.807) is 7.05 Å². The number of aromatic amines is 1. The number of hydrogen-bond acceptors (Lipinski definition) is 4. The highest BCUT2D eigenvalue weighted by Gasteiger charge is 2.36. The molecule has 31 heavy (non-hydrogen) atoms. The van der Waals surface area contributed by atoms with Gasteiger partial charge in [-0.3, -0.25) is 9.89 Å². The van der Waals surface area contributed by atoms with E-state index in [2.05, 4.69) is 20.8 Å². The van der Waals surface area contributed by atoms with E-state index >= 15 is 0 Å². The van der Waals surface area contributed by atoms with Gasteiger partial charge in [-0.15, -0.1) is 0 Å². The number of rotatable bonds is 6. The lowest BCUT2D eigenvalue weighted by molar-refractivity contribution is -0.138. The van der Waals surface area contributed by atoms with E-state index in [1.165, 1.54) is 18.5 Å². The molecule has 1 unspecified atom stereocenters. The van der Waals surface area contributed by atoms with Gasteiger partial charge in [-0.2, -0.15) is 18.3 Å². The number of amides is 1. The maximum Gasteiger partial charge on any atom is 0.416 e. The highest BCUT2D eigenvalue weighted by Crippen LogP contribution is 2.38. The van der Waals surface area contributed by atoms with Crippen LogP contribution in [0.5, 0.6) is 0 Å². The number of nitrogens with one attached hydrogen (secondary N) is 3. The molecule has 0 aliphatic carbocycles. The number of carbonyl (C=O) groups is 1. The second kappa shape index (κ2) is 9.23. The number of alkyl halides is 3. The van der Waals surface area contributed by atoms with Crippen molar-refractivity contribution in [2.45, 2.75) is 12.2 Å². The van der Waals surface area contributed by atoms with Crippen LogP contribution in [0.25, 0.3) is 11.3 Å². The Bertz CT molecular complexity index is 1100. The molecule has 0 saturated carbocycles. The monoisotopic (exact) mass is 449 g/mol. The van der Waals surface area contributed by atoms with Crippen LogP contribution in [0.3, 0.4) is 0 Å². The van der Waals surface area contributed by atoms with Crippen molar-refractivity contribution in [2.75, 3.05) is 12.4 Å². The molecule has 0 bridgehead atoms. The standard InChI is InChI=1S/C21H19ClF3N5O/c1-27-8-7-17(26)13-9-14(16(22)10-15(13)21(23,24)25)20(31)29-18-11-28-30-19(18)12-5-3-2-4-6-12/h2-11,17,27H,26H2,1H3,(H,28,30)(H,29,31)/b8-7-. The lowest BCUT2D eigenvalue weighted by Crippen LogP contribution is -2.20. The molecule has 0 spiro atoms. The third-order valence-corrected chi connectivity index (χ3v) is 4.78. The molecule has 1 amide bonds. The maximum absolute atomic E-state index is 13.5. The highest BCUT2D eigenvalue weighted by molar-refractivity contribution is 6.34. The quantitative estimate of drug-likeness (QED) is 0.437. The fraction of sp³-hybridized carbons (Fsp3) is 0.143. The number of hydrogen-bond donors (Lipinski definition) is 4. The summed E-state index contributed by atoms with van der Waals surface area (Å²) < 4.78 is 40.6. The average molecular weight is 450 g/mol. The van der Waals surface area contributed by atoms with E-state index < -0.39 is 23.7 Å². The molecular weight excluding hydrogens is 431 g/mol. The minimum absolute atomic E-state index is 0.141. The topological polar surface area (TPSA) is 95.8 Å². The third-order valence-electron chi connectivity index (χ3n) is 4.47. The molecular formula is C21H19ClF3N5O. The summed E-state index contributed by atoms with van der Waals surface area (Å²) in [5.41, 5.74) is 6.17. The zero-order valence-electron chi connectivity index (χ0n) is 16.3. The predicted octanol–water partition coefficient (Wildman–Crippen LogP) is 4.73. The van der Waals surface area contributed by atoms with Crippen molar-refractivity contribution < 1.29 is 18.0 Å². The van der Waals surface area contributed by atoms with Crippen LogP contribution >= 0.6 is 11.6 Å². The largest absolute Gasteiger partial charge is 0.416 e. The molecule has 3 rings (SSSR count). The first-order valence-corrected chi connectivity index (χ1v) is 9.50. The van der Waals surface area contributed by atoms with E-state index in [0.717, 1.165) is 11.6 Å². The van der Waals surface area contributed by atoms with E-state index in [1.807, 2.05) is 30.3 Å². The molecule has 2 aromatic carbocycles. The molecule has 1 atom stereocenters. The molecule has 1 aromatic heterocycles. The van der Waals surface area contributed by atoms with E-state index in [4.69, 9.17) is 17.3 Å². The fourth-order valence-electron chi connectivity index (χ4n) is 2.98. The summed E-state index contributed by atoms with van der Waals surface area (Å²) in [5, 5.41) is 11.7. The van der Waals surface area contributed by atoms with Crippen molar-refractivity contribution in [2.24, 2.45) is 5.73 Å². The van der Waals surface area contributed by atoms with Gasteiger partial charge in [0.2, 0.25) is 0 Å². The summed E-state index contributed by atoms with van der Waals surface area (Å²) in [6, 6.07) is 9.79. The smallest absolute Gasteiger partial charge is 0.394 e. The summed E-state index contributed by atoms with van der Waals surface area (Å²) in [7, 11) is 1.59. The maximum atomic E-state index is 13.5. The minimum atomic E-state index is -4.69. The van der Waals surface area contributed by atoms with Gasteiger partial charge in [-0.25, -0.2) is 0 Å². The Morgan fingerprint density at radius 2 is 1.97 bits per heavy atom. The summed E-state index contributed by atoms with van der Waals surface area (Å²) in [6.07, 6.45) is -0.523. The summed E-state index contributed by atoms with van der Waals surface area (Å²) in [5.74, 6) is -0.691. The van der Waals surface area contributed by atoms with Gasteiger partial charge in [0, 0.05) is 12.6 Å². The average Bonchev–Trinajstić information content (AvgIpc) is 3.19. The molecule has 0 fully saturated rings. The second-order valence-corrected chi connectivity index (χ2v) is 6.98. The first kappa shape index (κ1) is 22.4. The van der Waals surface area contributed by atoms with Crippen LogP contribution in [0, 0.1) is 0 Å². The van der Waals surface area contributed by atoms with Gasteiger partial charge >= 0.3 is 6.18 Å².